The van der Waals surface area contributed by atoms with E-state index in [0.717, 1.165) is 55.7 Å². The van der Waals surface area contributed by atoms with Crippen molar-refractivity contribution in [2.45, 2.75) is 13.0 Å². The maximum atomic E-state index is 11.9. The molecule has 1 aromatic heterocycles. The lowest BCUT2D eigenvalue weighted by Gasteiger charge is -2.23. The Morgan fingerprint density at radius 1 is 1.08 bits per heavy atom. The molecule has 1 aliphatic rings. The smallest absolute Gasteiger partial charge is 0.336 e. The molecule has 0 saturated carbocycles. The minimum atomic E-state index is -0.269. The molecule has 2 heterocycles. The van der Waals surface area contributed by atoms with Crippen LogP contribution in [0.1, 0.15) is 12.0 Å². The van der Waals surface area contributed by atoms with E-state index in [1.165, 1.54) is 18.4 Å². The van der Waals surface area contributed by atoms with E-state index in [1.54, 1.807) is 11.0 Å². The van der Waals surface area contributed by atoms with Gasteiger partial charge in [0.05, 0.1) is 26.3 Å². The maximum Gasteiger partial charge on any atom is 0.336 e. The van der Waals surface area contributed by atoms with Crippen molar-refractivity contribution in [1.82, 2.24) is 0 Å². The van der Waals surface area contributed by atoms with Crippen LogP contribution in [-0.4, -0.2) is 39.4 Å². The van der Waals surface area contributed by atoms with Crippen molar-refractivity contribution >= 4 is 21.7 Å². The van der Waals surface area contributed by atoms with E-state index in [2.05, 4.69) is 17.4 Å². The van der Waals surface area contributed by atoms with Gasteiger partial charge in [-0.05, 0) is 16.8 Å². The number of nitrogens with one attached hydrogen (secondary N) is 1. The first-order valence-corrected chi connectivity index (χ1v) is 9.49. The van der Waals surface area contributed by atoms with Crippen molar-refractivity contribution in [3.05, 3.63) is 58.4 Å². The maximum absolute atomic E-state index is 11.9. The van der Waals surface area contributed by atoms with Crippen molar-refractivity contribution in [2.75, 3.05) is 39.4 Å². The van der Waals surface area contributed by atoms with Gasteiger partial charge >= 0.3 is 5.63 Å². The summed E-state index contributed by atoms with van der Waals surface area (Å²) >= 11 is 0. The predicted octanol–water partition coefficient (Wildman–Crippen LogP) is 0.315. The van der Waals surface area contributed by atoms with Gasteiger partial charge in [0.2, 0.25) is 0 Å². The van der Waals surface area contributed by atoms with Gasteiger partial charge in [-0.25, -0.2) is 4.79 Å². The summed E-state index contributed by atoms with van der Waals surface area (Å²) in [6, 6.07) is 13.8. The molecule has 3 aromatic rings. The molecule has 1 saturated heterocycles. The number of rotatable bonds is 6. The first-order valence-electron chi connectivity index (χ1n) is 9.49. The lowest BCUT2D eigenvalue weighted by molar-refractivity contribution is -0.909. The first-order chi connectivity index (χ1) is 12.8. The quantitative estimate of drug-likeness (QED) is 0.381. The number of quaternary nitrogens is 2. The summed E-state index contributed by atoms with van der Waals surface area (Å²) in [5, 5.41) is 5.69. The van der Waals surface area contributed by atoms with Gasteiger partial charge in [0, 0.05) is 23.4 Å². The molecule has 2 aromatic carbocycles. The number of fused-ring (bicyclic) bond motifs is 3. The SMILES string of the molecule is O=c1cc(C[NH2+]CCC[NH+]2CCOCC2)c2c(ccc3ccccc32)o1. The van der Waals surface area contributed by atoms with Gasteiger partial charge in [0.25, 0.3) is 0 Å². The van der Waals surface area contributed by atoms with E-state index in [-0.39, 0.29) is 5.63 Å². The molecular formula is C21H26N2O3+2. The number of morpholine rings is 1. The predicted molar refractivity (Wildman–Crippen MR) is 101 cm³/mol. The Balaban J connectivity index is 1.47. The number of nitrogens with two attached hydrogens (primary N) is 1. The van der Waals surface area contributed by atoms with Crippen LogP contribution in [0.15, 0.2) is 51.7 Å². The summed E-state index contributed by atoms with van der Waals surface area (Å²) in [4.78, 5) is 13.6. The molecule has 5 nitrogen and oxygen atoms in total. The molecule has 3 N–H and O–H groups in total. The second kappa shape index (κ2) is 7.99. The monoisotopic (exact) mass is 354 g/mol. The van der Waals surface area contributed by atoms with Crippen molar-refractivity contribution in [3.63, 3.8) is 0 Å². The zero-order chi connectivity index (χ0) is 17.8. The lowest BCUT2D eigenvalue weighted by atomic mass is 10.0. The summed E-state index contributed by atoms with van der Waals surface area (Å²) in [6.07, 6.45) is 1.18. The van der Waals surface area contributed by atoms with E-state index in [4.69, 9.17) is 9.15 Å². The van der Waals surface area contributed by atoms with Gasteiger partial charge < -0.3 is 19.4 Å². The molecule has 0 bridgehead atoms. The molecule has 1 fully saturated rings. The van der Waals surface area contributed by atoms with E-state index in [0.29, 0.717) is 5.58 Å². The van der Waals surface area contributed by atoms with Gasteiger partial charge in [-0.3, -0.25) is 0 Å². The fraction of sp³-hybridized carbons (Fsp3) is 0.381. The highest BCUT2D eigenvalue weighted by atomic mass is 16.5. The van der Waals surface area contributed by atoms with Gasteiger partial charge in [-0.1, -0.05) is 30.3 Å². The molecule has 5 heteroatoms. The average Bonchev–Trinajstić information content (AvgIpc) is 2.68. The normalized spacial score (nSPS) is 15.7. The number of hydrogen-bond donors (Lipinski definition) is 2. The second-order valence-electron chi connectivity index (χ2n) is 7.00. The molecule has 0 spiro atoms. The lowest BCUT2D eigenvalue weighted by Crippen LogP contribution is -3.14. The molecule has 26 heavy (non-hydrogen) atoms. The Bertz CT molecular complexity index is 945. The molecule has 1 aliphatic heterocycles. The van der Waals surface area contributed by atoms with Crippen LogP contribution in [0.25, 0.3) is 21.7 Å². The minimum absolute atomic E-state index is 0.269. The van der Waals surface area contributed by atoms with Gasteiger partial charge in [0.15, 0.2) is 0 Å². The zero-order valence-electron chi connectivity index (χ0n) is 15.0. The minimum Gasteiger partial charge on any atom is -0.423 e. The highest BCUT2D eigenvalue weighted by molar-refractivity contribution is 6.06. The zero-order valence-corrected chi connectivity index (χ0v) is 15.0. The van der Waals surface area contributed by atoms with Crippen LogP contribution in [0.3, 0.4) is 0 Å². The summed E-state index contributed by atoms with van der Waals surface area (Å²) in [5.41, 5.74) is 1.47. The molecule has 0 radical (unpaired) electrons. The van der Waals surface area contributed by atoms with Crippen LogP contribution >= 0.6 is 0 Å². The second-order valence-corrected chi connectivity index (χ2v) is 7.00. The van der Waals surface area contributed by atoms with Crippen molar-refractivity contribution in [2.24, 2.45) is 0 Å². The van der Waals surface area contributed by atoms with Crippen LogP contribution in [-0.2, 0) is 11.3 Å². The Kier molecular flexibility index (Phi) is 5.29. The van der Waals surface area contributed by atoms with Crippen LogP contribution in [0.4, 0.5) is 0 Å². The van der Waals surface area contributed by atoms with Crippen molar-refractivity contribution < 1.29 is 19.4 Å². The van der Waals surface area contributed by atoms with E-state index < -0.39 is 0 Å². The topological polar surface area (TPSA) is 60.5 Å². The van der Waals surface area contributed by atoms with Crippen LogP contribution in [0, 0.1) is 0 Å². The summed E-state index contributed by atoms with van der Waals surface area (Å²) in [7, 11) is 0. The molecule has 0 atom stereocenters. The third-order valence-corrected chi connectivity index (χ3v) is 5.22. The van der Waals surface area contributed by atoms with Gasteiger partial charge in [-0.15, -0.1) is 0 Å². The Labute approximate surface area is 152 Å². The number of hydrogen-bond acceptors (Lipinski definition) is 3. The fourth-order valence-electron chi connectivity index (χ4n) is 3.85. The van der Waals surface area contributed by atoms with E-state index >= 15 is 0 Å². The number of ether oxygens (including phenoxy) is 1. The Morgan fingerprint density at radius 3 is 2.81 bits per heavy atom. The molecule has 4 rings (SSSR count). The van der Waals surface area contributed by atoms with E-state index in [9.17, 15) is 4.79 Å². The summed E-state index contributed by atoms with van der Waals surface area (Å²) < 4.78 is 10.8. The number of benzene rings is 2. The highest BCUT2D eigenvalue weighted by Crippen LogP contribution is 2.26. The molecular weight excluding hydrogens is 328 g/mol. The Morgan fingerprint density at radius 2 is 1.92 bits per heavy atom. The first kappa shape index (κ1) is 17.2. The van der Waals surface area contributed by atoms with Crippen LogP contribution in [0.5, 0.6) is 0 Å². The summed E-state index contributed by atoms with van der Waals surface area (Å²) in [5.74, 6) is 0. The molecule has 0 amide bonds. The average molecular weight is 354 g/mol. The highest BCUT2D eigenvalue weighted by Gasteiger charge is 2.14. The summed E-state index contributed by atoms with van der Waals surface area (Å²) in [6.45, 7) is 7.08. The molecule has 0 unspecified atom stereocenters. The van der Waals surface area contributed by atoms with Gasteiger partial charge in [-0.2, -0.15) is 0 Å². The van der Waals surface area contributed by atoms with Crippen molar-refractivity contribution in [3.8, 4) is 0 Å². The van der Waals surface area contributed by atoms with Crippen LogP contribution < -0.4 is 15.8 Å². The Hall–Kier alpha value is -2.21. The standard InChI is InChI=1S/C21H24N2O3/c24-20-14-17(15-22-8-3-9-23-10-12-25-13-11-23)21-18-5-2-1-4-16(18)6-7-19(21)26-20/h1-2,4-7,14,22H,3,8-13,15H2/p+2. The molecule has 136 valence electrons. The third kappa shape index (κ3) is 3.80. The van der Waals surface area contributed by atoms with E-state index in [1.807, 2.05) is 24.3 Å². The fourth-order valence-corrected chi connectivity index (χ4v) is 3.85. The third-order valence-electron chi connectivity index (χ3n) is 5.22. The molecule has 0 aliphatic carbocycles. The van der Waals surface area contributed by atoms with Crippen LogP contribution in [0.2, 0.25) is 0 Å². The van der Waals surface area contributed by atoms with Crippen molar-refractivity contribution in [1.29, 1.82) is 0 Å². The largest absolute Gasteiger partial charge is 0.423 e. The van der Waals surface area contributed by atoms with Gasteiger partial charge in [0.1, 0.15) is 25.2 Å².